The fourth-order valence-electron chi connectivity index (χ4n) is 3.19. The van der Waals surface area contributed by atoms with Gasteiger partial charge in [0, 0.05) is 13.1 Å². The predicted molar refractivity (Wildman–Crippen MR) is 114 cm³/mol. The fraction of sp³-hybridized carbons (Fsp3) is 0.417. The van der Waals surface area contributed by atoms with Crippen molar-refractivity contribution < 1.29 is 9.59 Å². The highest BCUT2D eigenvalue weighted by Crippen LogP contribution is 2.15. The normalized spacial score (nSPS) is 11.7. The van der Waals surface area contributed by atoms with Crippen molar-refractivity contribution >= 4 is 11.8 Å². The monoisotopic (exact) mass is 380 g/mol. The Morgan fingerprint density at radius 3 is 2.25 bits per heavy atom. The number of amides is 2. The first-order chi connectivity index (χ1) is 13.5. The molecule has 1 atom stereocenters. The number of nitrogens with zero attached hydrogens (tertiary/aromatic N) is 1. The van der Waals surface area contributed by atoms with Crippen molar-refractivity contribution in [2.45, 2.75) is 59.0 Å². The maximum Gasteiger partial charge on any atom is 0.242 e. The van der Waals surface area contributed by atoms with Crippen molar-refractivity contribution in [2.75, 3.05) is 6.54 Å². The van der Waals surface area contributed by atoms with E-state index in [4.69, 9.17) is 0 Å². The number of hydrogen-bond donors (Lipinski definition) is 1. The highest BCUT2D eigenvalue weighted by molar-refractivity contribution is 5.88. The van der Waals surface area contributed by atoms with Gasteiger partial charge in [0.05, 0.1) is 6.42 Å². The third-order valence-electron chi connectivity index (χ3n) is 4.89. The number of aryl methyl sites for hydroxylation is 1. The molecule has 0 aliphatic rings. The molecule has 2 aromatic rings. The second-order valence-corrected chi connectivity index (χ2v) is 7.24. The van der Waals surface area contributed by atoms with Gasteiger partial charge in [-0.05, 0) is 30.9 Å². The zero-order valence-corrected chi connectivity index (χ0v) is 17.3. The summed E-state index contributed by atoms with van der Waals surface area (Å²) in [4.78, 5) is 27.7. The molecular weight excluding hydrogens is 348 g/mol. The third-order valence-corrected chi connectivity index (χ3v) is 4.89. The molecule has 2 aromatic carbocycles. The molecule has 0 saturated carbocycles. The Morgan fingerprint density at radius 2 is 1.64 bits per heavy atom. The number of rotatable bonds is 10. The second-order valence-electron chi connectivity index (χ2n) is 7.24. The smallest absolute Gasteiger partial charge is 0.242 e. The number of carbonyl (C=O) groups excluding carboxylic acids is 2. The van der Waals surface area contributed by atoms with E-state index in [1.165, 1.54) is 5.56 Å². The molecule has 0 radical (unpaired) electrons. The largest absolute Gasteiger partial charge is 0.354 e. The van der Waals surface area contributed by atoms with E-state index in [0.29, 0.717) is 25.9 Å². The van der Waals surface area contributed by atoms with Crippen molar-refractivity contribution in [1.29, 1.82) is 0 Å². The van der Waals surface area contributed by atoms with Gasteiger partial charge in [0.1, 0.15) is 6.04 Å². The number of nitrogens with one attached hydrogen (secondary N) is 1. The molecule has 1 N–H and O–H groups in total. The van der Waals surface area contributed by atoms with Gasteiger partial charge < -0.3 is 10.2 Å². The van der Waals surface area contributed by atoms with E-state index < -0.39 is 6.04 Å². The summed E-state index contributed by atoms with van der Waals surface area (Å²) in [7, 11) is 0. The molecule has 0 spiro atoms. The minimum absolute atomic E-state index is 0.0238. The van der Waals surface area contributed by atoms with Crippen molar-refractivity contribution in [1.82, 2.24) is 10.2 Å². The maximum atomic E-state index is 13.2. The molecule has 4 nitrogen and oxygen atoms in total. The number of benzene rings is 2. The van der Waals surface area contributed by atoms with Gasteiger partial charge in [0.25, 0.3) is 0 Å². The zero-order chi connectivity index (χ0) is 20.4. The molecule has 150 valence electrons. The van der Waals surface area contributed by atoms with Gasteiger partial charge in [0.15, 0.2) is 0 Å². The molecule has 2 rings (SSSR count). The van der Waals surface area contributed by atoms with Crippen LogP contribution in [0.1, 0.15) is 49.8 Å². The highest BCUT2D eigenvalue weighted by atomic mass is 16.2. The minimum atomic E-state index is -0.464. The van der Waals surface area contributed by atoms with Gasteiger partial charge in [-0.2, -0.15) is 0 Å². The lowest BCUT2D eigenvalue weighted by molar-refractivity contribution is -0.140. The summed E-state index contributed by atoms with van der Waals surface area (Å²) in [6.07, 6.45) is 2.85. The van der Waals surface area contributed by atoms with Crippen LogP contribution in [-0.4, -0.2) is 29.3 Å². The van der Waals surface area contributed by atoms with Crippen LogP contribution in [0.2, 0.25) is 0 Å². The molecule has 4 heteroatoms. The molecule has 0 aromatic heterocycles. The first kappa shape index (κ1) is 21.7. The van der Waals surface area contributed by atoms with Crippen LogP contribution in [0.5, 0.6) is 0 Å². The van der Waals surface area contributed by atoms with Gasteiger partial charge in [-0.25, -0.2) is 0 Å². The standard InChI is InChI=1S/C24H32N2O2/c1-4-6-16-25-24(28)22(5-2)26(18-21-14-12-19(3)13-15-21)23(27)17-20-10-8-7-9-11-20/h7-15,22H,4-6,16-18H2,1-3H3,(H,25,28)/t22-/m0/s1. The highest BCUT2D eigenvalue weighted by Gasteiger charge is 2.28. The van der Waals surface area contributed by atoms with E-state index in [1.54, 1.807) is 4.90 Å². The van der Waals surface area contributed by atoms with E-state index in [2.05, 4.69) is 12.2 Å². The molecular formula is C24H32N2O2. The summed E-state index contributed by atoms with van der Waals surface area (Å²) in [5.41, 5.74) is 3.17. The Bertz CT molecular complexity index is 741. The molecule has 0 fully saturated rings. The van der Waals surface area contributed by atoms with Crippen LogP contribution in [0.4, 0.5) is 0 Å². The Labute approximate surface area is 169 Å². The Morgan fingerprint density at radius 1 is 0.964 bits per heavy atom. The van der Waals surface area contributed by atoms with Gasteiger partial charge in [-0.1, -0.05) is 80.4 Å². The molecule has 2 amide bonds. The summed E-state index contributed by atoms with van der Waals surface area (Å²) < 4.78 is 0. The molecule has 0 unspecified atom stereocenters. The molecule has 28 heavy (non-hydrogen) atoms. The van der Waals surface area contributed by atoms with Crippen LogP contribution in [0.15, 0.2) is 54.6 Å². The Hall–Kier alpha value is -2.62. The summed E-state index contributed by atoms with van der Waals surface area (Å²) in [5, 5.41) is 3.00. The third kappa shape index (κ3) is 6.52. The fourth-order valence-corrected chi connectivity index (χ4v) is 3.19. The molecule has 0 saturated heterocycles. The minimum Gasteiger partial charge on any atom is -0.354 e. The predicted octanol–water partition coefficient (Wildman–Crippen LogP) is 4.26. The second kappa shape index (κ2) is 11.3. The number of unbranched alkanes of at least 4 members (excludes halogenated alkanes) is 1. The van der Waals surface area contributed by atoms with E-state index in [-0.39, 0.29) is 11.8 Å². The zero-order valence-electron chi connectivity index (χ0n) is 17.3. The first-order valence-electron chi connectivity index (χ1n) is 10.2. The quantitative estimate of drug-likeness (QED) is 0.626. The van der Waals surface area contributed by atoms with Gasteiger partial charge >= 0.3 is 0 Å². The van der Waals surface area contributed by atoms with Crippen LogP contribution >= 0.6 is 0 Å². The summed E-state index contributed by atoms with van der Waals surface area (Å²) in [6.45, 7) is 7.18. The molecule has 0 heterocycles. The van der Waals surface area contributed by atoms with E-state index in [9.17, 15) is 9.59 Å². The van der Waals surface area contributed by atoms with Crippen molar-refractivity contribution in [3.63, 3.8) is 0 Å². The molecule has 0 aliphatic heterocycles. The summed E-state index contributed by atoms with van der Waals surface area (Å²) in [6, 6.07) is 17.4. The van der Waals surface area contributed by atoms with E-state index >= 15 is 0 Å². The van der Waals surface area contributed by atoms with Crippen LogP contribution in [0.25, 0.3) is 0 Å². The van der Waals surface area contributed by atoms with Crippen molar-refractivity contribution in [2.24, 2.45) is 0 Å². The van der Waals surface area contributed by atoms with Crippen molar-refractivity contribution in [3.05, 3.63) is 71.3 Å². The van der Waals surface area contributed by atoms with Gasteiger partial charge in [-0.3, -0.25) is 9.59 Å². The lowest BCUT2D eigenvalue weighted by Gasteiger charge is -2.31. The average Bonchev–Trinajstić information content (AvgIpc) is 2.70. The average molecular weight is 381 g/mol. The maximum absolute atomic E-state index is 13.2. The molecule has 0 aliphatic carbocycles. The SMILES string of the molecule is CCCCNC(=O)[C@H](CC)N(Cc1ccc(C)cc1)C(=O)Cc1ccccc1. The van der Waals surface area contributed by atoms with Crippen LogP contribution in [0.3, 0.4) is 0 Å². The topological polar surface area (TPSA) is 49.4 Å². The Balaban J connectivity index is 2.21. The van der Waals surface area contributed by atoms with Crippen LogP contribution in [0, 0.1) is 6.92 Å². The van der Waals surface area contributed by atoms with Crippen molar-refractivity contribution in [3.8, 4) is 0 Å². The number of carbonyl (C=O) groups is 2. The lowest BCUT2D eigenvalue weighted by Crippen LogP contribution is -2.49. The van der Waals surface area contributed by atoms with E-state index in [0.717, 1.165) is 24.0 Å². The van der Waals surface area contributed by atoms with Crippen LogP contribution in [-0.2, 0) is 22.6 Å². The summed E-state index contributed by atoms with van der Waals surface area (Å²) in [5.74, 6) is -0.0891. The van der Waals surface area contributed by atoms with Crippen LogP contribution < -0.4 is 5.32 Å². The van der Waals surface area contributed by atoms with Gasteiger partial charge in [0.2, 0.25) is 11.8 Å². The summed E-state index contributed by atoms with van der Waals surface area (Å²) >= 11 is 0. The lowest BCUT2D eigenvalue weighted by atomic mass is 10.1. The van der Waals surface area contributed by atoms with Gasteiger partial charge in [-0.15, -0.1) is 0 Å². The Kier molecular flexibility index (Phi) is 8.73. The number of hydrogen-bond acceptors (Lipinski definition) is 2. The van der Waals surface area contributed by atoms with E-state index in [1.807, 2.05) is 68.4 Å². The first-order valence-corrected chi connectivity index (χ1v) is 10.2. The molecule has 0 bridgehead atoms.